The zero-order chi connectivity index (χ0) is 30.1. The van der Waals surface area contributed by atoms with Crippen molar-refractivity contribution in [3.8, 4) is 11.5 Å². The van der Waals surface area contributed by atoms with Gasteiger partial charge in [-0.2, -0.15) is 0 Å². The average molecular weight is 577 g/mol. The van der Waals surface area contributed by atoms with Gasteiger partial charge in [0.05, 0.1) is 32.9 Å². The van der Waals surface area contributed by atoms with Gasteiger partial charge >= 0.3 is 6.03 Å². The van der Waals surface area contributed by atoms with Crippen molar-refractivity contribution in [3.05, 3.63) is 78.4 Å². The van der Waals surface area contributed by atoms with Crippen molar-refractivity contribution in [2.24, 2.45) is 0 Å². The number of rotatable bonds is 13. The van der Waals surface area contributed by atoms with Crippen molar-refractivity contribution in [1.29, 1.82) is 0 Å². The van der Waals surface area contributed by atoms with Crippen LogP contribution in [-0.4, -0.2) is 58.1 Å². The summed E-state index contributed by atoms with van der Waals surface area (Å²) >= 11 is 0. The number of carbonyl (C=O) groups excluding carboxylic acids is 3. The summed E-state index contributed by atoms with van der Waals surface area (Å²) in [5, 5.41) is 8.42. The second-order valence-corrected chi connectivity index (χ2v) is 9.45. The molecule has 1 heterocycles. The number of carbonyl (C=O) groups is 3. The maximum atomic E-state index is 14.4. The van der Waals surface area contributed by atoms with E-state index in [0.29, 0.717) is 47.3 Å². The van der Waals surface area contributed by atoms with Gasteiger partial charge in [-0.25, -0.2) is 4.79 Å². The number of methoxy groups -OCH3 is 2. The Morgan fingerprint density at radius 3 is 2.02 bits per heavy atom. The molecule has 4 rings (SSSR count). The Kier molecular flexibility index (Phi) is 10.00. The summed E-state index contributed by atoms with van der Waals surface area (Å²) in [5.41, 5.74) is 0.224. The standard InChI is InChI=1S/C31H36N4O7/c1-5-41-28(42-6-2)20-35-26-16-8-7-15-25(26)31(29(35)37,19-27(36)32-21-11-9-13-23(17-21)39-3)34-30(38)33-22-12-10-14-24(18-22)40-4/h7-18,28H,5-6,19-20H2,1-4H3,(H,32,36)(H2,33,34,38). The van der Waals surface area contributed by atoms with E-state index in [4.69, 9.17) is 18.9 Å². The number of fused-ring (bicyclic) bond motifs is 1. The molecule has 0 spiro atoms. The maximum Gasteiger partial charge on any atom is 0.320 e. The van der Waals surface area contributed by atoms with Gasteiger partial charge in [-0.1, -0.05) is 30.3 Å². The zero-order valence-corrected chi connectivity index (χ0v) is 24.1. The van der Waals surface area contributed by atoms with Crippen LogP contribution in [0.1, 0.15) is 25.8 Å². The Balaban J connectivity index is 1.70. The summed E-state index contributed by atoms with van der Waals surface area (Å²) in [4.78, 5) is 42.8. The predicted octanol–water partition coefficient (Wildman–Crippen LogP) is 4.50. The number of amides is 4. The van der Waals surface area contributed by atoms with Crippen molar-refractivity contribution in [2.75, 3.05) is 49.5 Å². The Morgan fingerprint density at radius 2 is 1.43 bits per heavy atom. The van der Waals surface area contributed by atoms with E-state index < -0.39 is 29.7 Å². The molecule has 0 radical (unpaired) electrons. The van der Waals surface area contributed by atoms with E-state index in [0.717, 1.165) is 0 Å². The molecule has 42 heavy (non-hydrogen) atoms. The molecule has 11 heteroatoms. The van der Waals surface area contributed by atoms with E-state index in [2.05, 4.69) is 16.0 Å². The second kappa shape index (κ2) is 13.8. The van der Waals surface area contributed by atoms with Crippen molar-refractivity contribution >= 4 is 34.9 Å². The van der Waals surface area contributed by atoms with Gasteiger partial charge in [0.2, 0.25) is 5.91 Å². The van der Waals surface area contributed by atoms with Crippen LogP contribution in [0.5, 0.6) is 11.5 Å². The topological polar surface area (TPSA) is 127 Å². The molecule has 0 aromatic heterocycles. The molecule has 0 aliphatic carbocycles. The van der Waals surface area contributed by atoms with Crippen LogP contribution in [0.2, 0.25) is 0 Å². The Labute approximate surface area is 245 Å². The maximum absolute atomic E-state index is 14.4. The third-order valence-electron chi connectivity index (χ3n) is 6.74. The SMILES string of the molecule is CCOC(CN1C(=O)C(CC(=O)Nc2cccc(OC)c2)(NC(=O)Nc2cccc(OC)c2)c2ccccc21)OCC. The largest absolute Gasteiger partial charge is 0.497 e. The number of urea groups is 1. The molecule has 1 aliphatic rings. The number of ether oxygens (including phenoxy) is 4. The lowest BCUT2D eigenvalue weighted by Gasteiger charge is -2.30. The van der Waals surface area contributed by atoms with Gasteiger partial charge < -0.3 is 39.8 Å². The third-order valence-corrected chi connectivity index (χ3v) is 6.74. The molecule has 11 nitrogen and oxygen atoms in total. The van der Waals surface area contributed by atoms with Crippen LogP contribution < -0.4 is 30.3 Å². The van der Waals surface area contributed by atoms with Gasteiger partial charge in [0, 0.05) is 42.3 Å². The van der Waals surface area contributed by atoms with E-state index in [-0.39, 0.29) is 13.0 Å². The van der Waals surface area contributed by atoms with Crippen molar-refractivity contribution in [2.45, 2.75) is 32.1 Å². The molecule has 3 N–H and O–H groups in total. The predicted molar refractivity (Wildman–Crippen MR) is 159 cm³/mol. The normalized spacial score (nSPS) is 15.7. The molecule has 1 aliphatic heterocycles. The third kappa shape index (κ3) is 6.81. The number of benzene rings is 3. The summed E-state index contributed by atoms with van der Waals surface area (Å²) in [7, 11) is 3.05. The number of nitrogens with zero attached hydrogens (tertiary/aromatic N) is 1. The molecular weight excluding hydrogens is 540 g/mol. The first-order valence-electron chi connectivity index (χ1n) is 13.6. The van der Waals surface area contributed by atoms with Gasteiger partial charge in [-0.3, -0.25) is 9.59 Å². The fourth-order valence-electron chi connectivity index (χ4n) is 4.92. The highest BCUT2D eigenvalue weighted by Gasteiger charge is 2.53. The van der Waals surface area contributed by atoms with E-state index in [1.165, 1.54) is 19.1 Å². The van der Waals surface area contributed by atoms with Crippen LogP contribution in [-0.2, 0) is 24.6 Å². The van der Waals surface area contributed by atoms with E-state index in [9.17, 15) is 14.4 Å². The monoisotopic (exact) mass is 576 g/mol. The molecule has 1 unspecified atom stereocenters. The fraction of sp³-hybridized carbons (Fsp3) is 0.323. The summed E-state index contributed by atoms with van der Waals surface area (Å²) in [5.74, 6) is 0.131. The number of anilines is 3. The second-order valence-electron chi connectivity index (χ2n) is 9.45. The molecular formula is C31H36N4O7. The van der Waals surface area contributed by atoms with Crippen molar-refractivity contribution < 1.29 is 33.3 Å². The van der Waals surface area contributed by atoms with E-state index >= 15 is 0 Å². The lowest BCUT2D eigenvalue weighted by atomic mass is 9.87. The van der Waals surface area contributed by atoms with Gasteiger partial charge in [0.15, 0.2) is 11.8 Å². The fourth-order valence-corrected chi connectivity index (χ4v) is 4.92. The number of hydrogen-bond donors (Lipinski definition) is 3. The summed E-state index contributed by atoms with van der Waals surface area (Å²) in [6.45, 7) is 4.50. The zero-order valence-electron chi connectivity index (χ0n) is 24.1. The first-order valence-corrected chi connectivity index (χ1v) is 13.6. The van der Waals surface area contributed by atoms with Crippen LogP contribution in [0.25, 0.3) is 0 Å². The molecule has 3 aromatic carbocycles. The number of para-hydroxylation sites is 1. The minimum Gasteiger partial charge on any atom is -0.497 e. The molecule has 0 bridgehead atoms. The lowest BCUT2D eigenvalue weighted by Crippen LogP contribution is -2.56. The molecule has 1 atom stereocenters. The van der Waals surface area contributed by atoms with Crippen LogP contribution in [0, 0.1) is 0 Å². The molecule has 4 amide bonds. The van der Waals surface area contributed by atoms with Crippen molar-refractivity contribution in [3.63, 3.8) is 0 Å². The highest BCUT2D eigenvalue weighted by atomic mass is 16.7. The minimum atomic E-state index is -1.73. The molecule has 222 valence electrons. The Hall–Kier alpha value is -4.61. The lowest BCUT2D eigenvalue weighted by molar-refractivity contribution is -0.138. The van der Waals surface area contributed by atoms with Crippen LogP contribution in [0.4, 0.5) is 21.9 Å². The van der Waals surface area contributed by atoms with Crippen LogP contribution in [0.3, 0.4) is 0 Å². The summed E-state index contributed by atoms with van der Waals surface area (Å²) < 4.78 is 22.0. The number of hydrogen-bond acceptors (Lipinski definition) is 7. The molecule has 0 saturated heterocycles. The van der Waals surface area contributed by atoms with E-state index in [1.54, 1.807) is 72.8 Å². The first-order chi connectivity index (χ1) is 20.3. The molecule has 3 aromatic rings. The van der Waals surface area contributed by atoms with E-state index in [1.807, 2.05) is 13.8 Å². The van der Waals surface area contributed by atoms with Gasteiger partial charge in [-0.15, -0.1) is 0 Å². The van der Waals surface area contributed by atoms with Gasteiger partial charge in [0.25, 0.3) is 5.91 Å². The Morgan fingerprint density at radius 1 is 0.833 bits per heavy atom. The first kappa shape index (κ1) is 30.4. The van der Waals surface area contributed by atoms with Gasteiger partial charge in [0.1, 0.15) is 11.5 Å². The minimum absolute atomic E-state index is 0.0654. The van der Waals surface area contributed by atoms with Gasteiger partial charge in [-0.05, 0) is 44.2 Å². The summed E-state index contributed by atoms with van der Waals surface area (Å²) in [6, 6.07) is 20.1. The smallest absolute Gasteiger partial charge is 0.320 e. The molecule has 0 saturated carbocycles. The molecule has 0 fully saturated rings. The number of nitrogens with one attached hydrogen (secondary N) is 3. The summed E-state index contributed by atoms with van der Waals surface area (Å²) in [6.07, 6.45) is -1.08. The quantitative estimate of drug-likeness (QED) is 0.256. The average Bonchev–Trinajstić information content (AvgIpc) is 3.20. The highest BCUT2D eigenvalue weighted by molar-refractivity contribution is 6.13. The van der Waals surface area contributed by atoms with Crippen molar-refractivity contribution in [1.82, 2.24) is 5.32 Å². The van der Waals surface area contributed by atoms with Crippen LogP contribution in [0.15, 0.2) is 72.8 Å². The highest BCUT2D eigenvalue weighted by Crippen LogP contribution is 2.43. The van der Waals surface area contributed by atoms with Crippen LogP contribution >= 0.6 is 0 Å². The Bertz CT molecular complexity index is 1340.